The predicted molar refractivity (Wildman–Crippen MR) is 68.5 cm³/mol. The van der Waals surface area contributed by atoms with Crippen LogP contribution < -0.4 is 5.32 Å². The van der Waals surface area contributed by atoms with Crippen molar-refractivity contribution < 1.29 is 4.79 Å². The van der Waals surface area contributed by atoms with Crippen LogP contribution >= 0.6 is 11.8 Å². The Kier molecular flexibility index (Phi) is 3.80. The maximum atomic E-state index is 12.0. The van der Waals surface area contributed by atoms with Gasteiger partial charge in [0.2, 0.25) is 5.91 Å². The van der Waals surface area contributed by atoms with Crippen molar-refractivity contribution in [1.82, 2.24) is 10.2 Å². The van der Waals surface area contributed by atoms with E-state index in [9.17, 15) is 4.79 Å². The maximum absolute atomic E-state index is 12.0. The van der Waals surface area contributed by atoms with Gasteiger partial charge in [-0.25, -0.2) is 0 Å². The lowest BCUT2D eigenvalue weighted by atomic mass is 10.1. The van der Waals surface area contributed by atoms with Gasteiger partial charge in [0.1, 0.15) is 0 Å². The molecule has 0 aromatic heterocycles. The second-order valence-corrected chi connectivity index (χ2v) is 6.75. The molecule has 0 saturated carbocycles. The molecule has 2 aliphatic heterocycles. The largest absolute Gasteiger partial charge is 0.340 e. The molecule has 3 nitrogen and oxygen atoms in total. The number of likely N-dealkylation sites (tertiary alicyclic amines) is 1. The summed E-state index contributed by atoms with van der Waals surface area (Å²) in [6.07, 6.45) is 2.85. The second kappa shape index (κ2) is 4.96. The summed E-state index contributed by atoms with van der Waals surface area (Å²) in [5.41, 5.74) is 0. The molecule has 2 heterocycles. The first-order valence-corrected chi connectivity index (χ1v) is 7.27. The molecule has 0 radical (unpaired) electrons. The van der Waals surface area contributed by atoms with Crippen LogP contribution in [0.25, 0.3) is 0 Å². The van der Waals surface area contributed by atoms with Crippen molar-refractivity contribution in [2.24, 2.45) is 5.92 Å². The lowest BCUT2D eigenvalue weighted by Crippen LogP contribution is -2.41. The highest BCUT2D eigenvalue weighted by atomic mass is 32.2. The molecule has 1 atom stereocenters. The van der Waals surface area contributed by atoms with Gasteiger partial charge in [0.15, 0.2) is 0 Å². The van der Waals surface area contributed by atoms with Crippen LogP contribution in [-0.2, 0) is 4.79 Å². The van der Waals surface area contributed by atoms with Crippen LogP contribution in [0.3, 0.4) is 0 Å². The predicted octanol–water partition coefficient (Wildman–Crippen LogP) is 1.69. The molecule has 2 fully saturated rings. The van der Waals surface area contributed by atoms with E-state index in [4.69, 9.17) is 0 Å². The number of thioether (sulfide) groups is 1. The summed E-state index contributed by atoms with van der Waals surface area (Å²) in [7, 11) is 0. The number of nitrogens with one attached hydrogen (secondary N) is 1. The maximum Gasteiger partial charge on any atom is 0.222 e. The van der Waals surface area contributed by atoms with Crippen LogP contribution in [0.1, 0.15) is 33.1 Å². The molecule has 0 aliphatic carbocycles. The summed E-state index contributed by atoms with van der Waals surface area (Å²) in [5.74, 6) is 2.16. The molecule has 92 valence electrons. The molecule has 2 aliphatic rings. The van der Waals surface area contributed by atoms with E-state index in [1.54, 1.807) is 0 Å². The lowest BCUT2D eigenvalue weighted by molar-refractivity contribution is -0.130. The average molecular weight is 242 g/mol. The molecule has 0 bridgehead atoms. The van der Waals surface area contributed by atoms with E-state index in [0.717, 1.165) is 38.9 Å². The van der Waals surface area contributed by atoms with Gasteiger partial charge in [0.25, 0.3) is 0 Å². The van der Waals surface area contributed by atoms with Gasteiger partial charge in [-0.15, -0.1) is 11.8 Å². The van der Waals surface area contributed by atoms with Crippen LogP contribution in [0.2, 0.25) is 0 Å². The van der Waals surface area contributed by atoms with Crippen molar-refractivity contribution in [3.63, 3.8) is 0 Å². The van der Waals surface area contributed by atoms with E-state index >= 15 is 0 Å². The zero-order valence-electron chi connectivity index (χ0n) is 10.3. The standard InChI is InChI=1S/C12H22N2OS/c1-10(2)3-4-11(15)14-7-5-12(9-14)13-6-8-16-12/h10,13H,3-9H2,1-2H3. The fourth-order valence-corrected chi connectivity index (χ4v) is 3.69. The lowest BCUT2D eigenvalue weighted by Gasteiger charge is -2.23. The van der Waals surface area contributed by atoms with Gasteiger partial charge in [-0.05, 0) is 18.8 Å². The molecule has 2 saturated heterocycles. The van der Waals surface area contributed by atoms with E-state index in [0.29, 0.717) is 11.8 Å². The summed E-state index contributed by atoms with van der Waals surface area (Å²) in [6.45, 7) is 7.30. The molecule has 0 aromatic rings. The quantitative estimate of drug-likeness (QED) is 0.817. The van der Waals surface area contributed by atoms with Gasteiger partial charge in [-0.3, -0.25) is 4.79 Å². The molecule has 0 aromatic carbocycles. The van der Waals surface area contributed by atoms with E-state index in [1.165, 1.54) is 5.75 Å². The highest BCUT2D eigenvalue weighted by Gasteiger charge is 2.42. The SMILES string of the molecule is CC(C)CCC(=O)N1CCC2(C1)NCCS2. The van der Waals surface area contributed by atoms with Crippen LogP contribution in [0.4, 0.5) is 0 Å². The molecule has 16 heavy (non-hydrogen) atoms. The zero-order valence-corrected chi connectivity index (χ0v) is 11.1. The Morgan fingerprint density at radius 3 is 3.00 bits per heavy atom. The Labute approximate surface area is 102 Å². The highest BCUT2D eigenvalue weighted by molar-refractivity contribution is 8.00. The van der Waals surface area contributed by atoms with Crippen molar-refractivity contribution >= 4 is 17.7 Å². The molecule has 4 heteroatoms. The third kappa shape index (κ3) is 2.72. The monoisotopic (exact) mass is 242 g/mol. The van der Waals surface area contributed by atoms with Gasteiger partial charge in [0, 0.05) is 31.8 Å². The topological polar surface area (TPSA) is 32.3 Å². The van der Waals surface area contributed by atoms with Gasteiger partial charge in [0.05, 0.1) is 4.87 Å². The Morgan fingerprint density at radius 2 is 2.38 bits per heavy atom. The van der Waals surface area contributed by atoms with Gasteiger partial charge in [-0.2, -0.15) is 0 Å². The van der Waals surface area contributed by atoms with Gasteiger partial charge >= 0.3 is 0 Å². The fourth-order valence-electron chi connectivity index (χ4n) is 2.40. The minimum absolute atomic E-state index is 0.202. The minimum Gasteiger partial charge on any atom is -0.340 e. The van der Waals surface area contributed by atoms with E-state index in [2.05, 4.69) is 19.2 Å². The van der Waals surface area contributed by atoms with Crippen LogP contribution in [0, 0.1) is 5.92 Å². The van der Waals surface area contributed by atoms with E-state index in [-0.39, 0.29) is 4.87 Å². The van der Waals surface area contributed by atoms with Crippen molar-refractivity contribution in [2.45, 2.75) is 38.0 Å². The van der Waals surface area contributed by atoms with Crippen molar-refractivity contribution in [3.05, 3.63) is 0 Å². The van der Waals surface area contributed by atoms with Gasteiger partial charge in [-0.1, -0.05) is 13.8 Å². The summed E-state index contributed by atoms with van der Waals surface area (Å²) in [4.78, 5) is 14.2. The van der Waals surface area contributed by atoms with Crippen molar-refractivity contribution in [1.29, 1.82) is 0 Å². The first-order valence-electron chi connectivity index (χ1n) is 6.28. The zero-order chi connectivity index (χ0) is 11.6. The first-order chi connectivity index (χ1) is 7.61. The second-order valence-electron chi connectivity index (χ2n) is 5.27. The van der Waals surface area contributed by atoms with E-state index < -0.39 is 0 Å². The minimum atomic E-state index is 0.202. The van der Waals surface area contributed by atoms with Crippen molar-refractivity contribution in [3.8, 4) is 0 Å². The molecular formula is C12H22N2OS. The first kappa shape index (κ1) is 12.2. The summed E-state index contributed by atoms with van der Waals surface area (Å²) < 4.78 is 0. The Bertz CT molecular complexity index is 262. The normalized spacial score (nSPS) is 29.6. The third-order valence-electron chi connectivity index (χ3n) is 3.45. The number of hydrogen-bond donors (Lipinski definition) is 1. The highest BCUT2D eigenvalue weighted by Crippen LogP contribution is 2.36. The Balaban J connectivity index is 1.81. The number of nitrogens with zero attached hydrogens (tertiary/aromatic N) is 1. The Morgan fingerprint density at radius 1 is 1.56 bits per heavy atom. The molecule has 1 spiro atoms. The smallest absolute Gasteiger partial charge is 0.222 e. The van der Waals surface area contributed by atoms with Crippen LogP contribution in [0.15, 0.2) is 0 Å². The van der Waals surface area contributed by atoms with Crippen LogP contribution in [0.5, 0.6) is 0 Å². The third-order valence-corrected chi connectivity index (χ3v) is 4.89. The molecule has 1 amide bonds. The van der Waals surface area contributed by atoms with Crippen LogP contribution in [-0.4, -0.2) is 41.1 Å². The number of hydrogen-bond acceptors (Lipinski definition) is 3. The van der Waals surface area contributed by atoms with Gasteiger partial charge < -0.3 is 10.2 Å². The number of carbonyl (C=O) groups excluding carboxylic acids is 1. The fraction of sp³-hybridized carbons (Fsp3) is 0.917. The average Bonchev–Trinajstić information content (AvgIpc) is 2.86. The molecule has 1 unspecified atom stereocenters. The molecule has 2 rings (SSSR count). The number of carbonyl (C=O) groups is 1. The summed E-state index contributed by atoms with van der Waals surface area (Å²) in [5, 5.41) is 3.55. The molecule has 1 N–H and O–H groups in total. The molecular weight excluding hydrogens is 220 g/mol. The summed E-state index contributed by atoms with van der Waals surface area (Å²) in [6, 6.07) is 0. The number of rotatable bonds is 3. The summed E-state index contributed by atoms with van der Waals surface area (Å²) >= 11 is 1.99. The Hall–Kier alpha value is -0.220. The van der Waals surface area contributed by atoms with Crippen molar-refractivity contribution in [2.75, 3.05) is 25.4 Å². The number of amides is 1. The van der Waals surface area contributed by atoms with E-state index in [1.807, 2.05) is 16.7 Å².